The normalized spacial score (nSPS) is 21.0. The Morgan fingerprint density at radius 3 is 2.50 bits per heavy atom. The van der Waals surface area contributed by atoms with Gasteiger partial charge in [-0.2, -0.15) is 0 Å². The number of ether oxygens (including phenoxy) is 1. The lowest BCUT2D eigenvalue weighted by Crippen LogP contribution is -2.56. The van der Waals surface area contributed by atoms with Crippen LogP contribution in [0, 0.1) is 0 Å². The summed E-state index contributed by atoms with van der Waals surface area (Å²) in [6.07, 6.45) is 0.984. The van der Waals surface area contributed by atoms with Crippen molar-refractivity contribution in [1.82, 2.24) is 9.80 Å². The van der Waals surface area contributed by atoms with Crippen molar-refractivity contribution in [3.8, 4) is 5.75 Å². The number of hydrogen-bond donors (Lipinski definition) is 0. The van der Waals surface area contributed by atoms with Crippen LogP contribution in [0.2, 0.25) is 0 Å². The molecule has 2 heterocycles. The molecule has 1 aromatic carbocycles. The summed E-state index contributed by atoms with van der Waals surface area (Å²) in [6.45, 7) is 1.71. The van der Waals surface area contributed by atoms with E-state index < -0.39 is 16.1 Å². The average Bonchev–Trinajstić information content (AvgIpc) is 2.59. The smallest absolute Gasteiger partial charge is 0.265 e. The van der Waals surface area contributed by atoms with Crippen molar-refractivity contribution in [2.45, 2.75) is 6.10 Å². The van der Waals surface area contributed by atoms with Crippen LogP contribution in [0.3, 0.4) is 0 Å². The van der Waals surface area contributed by atoms with E-state index in [-0.39, 0.29) is 12.5 Å². The monoisotopic (exact) mass is 353 g/mol. The highest BCUT2D eigenvalue weighted by molar-refractivity contribution is 7.92. The first-order chi connectivity index (χ1) is 11.4. The Morgan fingerprint density at radius 2 is 1.88 bits per heavy atom. The molecule has 0 N–H and O–H groups in total. The Bertz CT molecular complexity index is 743. The SMILES string of the molecule is CS(=O)(=O)N1C[C@@H](C(=O)N2CCN(C=O)CC2)Oc2ccccc21. The van der Waals surface area contributed by atoms with E-state index in [1.807, 2.05) is 0 Å². The molecule has 0 aromatic heterocycles. The quantitative estimate of drug-likeness (QED) is 0.685. The maximum absolute atomic E-state index is 12.7. The zero-order valence-electron chi connectivity index (χ0n) is 13.3. The molecule has 1 atom stereocenters. The van der Waals surface area contributed by atoms with Crippen LogP contribution in [0.25, 0.3) is 0 Å². The number of carbonyl (C=O) groups excluding carboxylic acids is 2. The first-order valence-corrected chi connectivity index (χ1v) is 9.46. The van der Waals surface area contributed by atoms with Crippen LogP contribution in [0.5, 0.6) is 5.75 Å². The number of para-hydroxylation sites is 2. The Kier molecular flexibility index (Phi) is 4.35. The minimum Gasteiger partial charge on any atom is -0.476 e. The fourth-order valence-corrected chi connectivity index (χ4v) is 3.81. The number of carbonyl (C=O) groups is 2. The van der Waals surface area contributed by atoms with E-state index in [4.69, 9.17) is 4.74 Å². The summed E-state index contributed by atoms with van der Waals surface area (Å²) in [5.74, 6) is 0.114. The molecule has 9 heteroatoms. The minimum atomic E-state index is -3.52. The number of anilines is 1. The van der Waals surface area contributed by atoms with Crippen LogP contribution in [0.1, 0.15) is 0 Å². The maximum Gasteiger partial charge on any atom is 0.265 e. The molecule has 0 bridgehead atoms. The van der Waals surface area contributed by atoms with Crippen molar-refractivity contribution in [1.29, 1.82) is 0 Å². The molecule has 0 unspecified atom stereocenters. The molecule has 1 fully saturated rings. The van der Waals surface area contributed by atoms with E-state index in [2.05, 4.69) is 0 Å². The van der Waals surface area contributed by atoms with Gasteiger partial charge < -0.3 is 14.5 Å². The van der Waals surface area contributed by atoms with Crippen molar-refractivity contribution < 1.29 is 22.7 Å². The summed E-state index contributed by atoms with van der Waals surface area (Å²) in [4.78, 5) is 26.7. The van der Waals surface area contributed by atoms with Crippen LogP contribution >= 0.6 is 0 Å². The molecule has 3 rings (SSSR count). The van der Waals surface area contributed by atoms with Crippen molar-refractivity contribution in [3.05, 3.63) is 24.3 Å². The third kappa shape index (κ3) is 3.16. The predicted molar refractivity (Wildman–Crippen MR) is 87.3 cm³/mol. The van der Waals surface area contributed by atoms with Crippen LogP contribution in [-0.4, -0.2) is 75.6 Å². The Morgan fingerprint density at radius 1 is 1.21 bits per heavy atom. The van der Waals surface area contributed by atoms with E-state index in [9.17, 15) is 18.0 Å². The topological polar surface area (TPSA) is 87.2 Å². The first-order valence-electron chi connectivity index (χ1n) is 7.61. The fraction of sp³-hybridized carbons (Fsp3) is 0.467. The zero-order valence-corrected chi connectivity index (χ0v) is 14.1. The van der Waals surface area contributed by atoms with Gasteiger partial charge in [-0.15, -0.1) is 0 Å². The first kappa shape index (κ1) is 16.6. The largest absolute Gasteiger partial charge is 0.476 e. The van der Waals surface area contributed by atoms with Gasteiger partial charge >= 0.3 is 0 Å². The number of nitrogens with zero attached hydrogens (tertiary/aromatic N) is 3. The highest BCUT2D eigenvalue weighted by Gasteiger charge is 2.37. The summed E-state index contributed by atoms with van der Waals surface area (Å²) in [5.41, 5.74) is 0.440. The van der Waals surface area contributed by atoms with E-state index in [1.54, 1.807) is 34.1 Å². The van der Waals surface area contributed by atoms with E-state index in [0.29, 0.717) is 37.6 Å². The van der Waals surface area contributed by atoms with Crippen LogP contribution in [-0.2, 0) is 19.6 Å². The molecular formula is C15H19N3O5S. The van der Waals surface area contributed by atoms with Crippen LogP contribution in [0.4, 0.5) is 5.69 Å². The number of fused-ring (bicyclic) bond motifs is 1. The van der Waals surface area contributed by atoms with Gasteiger partial charge in [-0.1, -0.05) is 12.1 Å². The van der Waals surface area contributed by atoms with E-state index in [1.165, 1.54) is 4.31 Å². The number of sulfonamides is 1. The fourth-order valence-electron chi connectivity index (χ4n) is 2.90. The Labute approximate surface area is 140 Å². The molecule has 0 saturated carbocycles. The van der Waals surface area contributed by atoms with Crippen molar-refractivity contribution in [2.75, 3.05) is 43.3 Å². The third-order valence-electron chi connectivity index (χ3n) is 4.19. The third-order valence-corrected chi connectivity index (χ3v) is 5.33. The highest BCUT2D eigenvalue weighted by atomic mass is 32.2. The second-order valence-corrected chi connectivity index (χ2v) is 7.74. The van der Waals surface area contributed by atoms with Gasteiger partial charge in [-0.3, -0.25) is 13.9 Å². The van der Waals surface area contributed by atoms with Crippen LogP contribution in [0.15, 0.2) is 24.3 Å². The molecule has 0 radical (unpaired) electrons. The molecule has 0 spiro atoms. The molecule has 8 nitrogen and oxygen atoms in total. The molecular weight excluding hydrogens is 334 g/mol. The Balaban J connectivity index is 1.80. The van der Waals surface area contributed by atoms with Gasteiger partial charge in [0.2, 0.25) is 16.4 Å². The van der Waals surface area contributed by atoms with Crippen molar-refractivity contribution in [2.24, 2.45) is 0 Å². The molecule has 1 saturated heterocycles. The van der Waals surface area contributed by atoms with Gasteiger partial charge in [0, 0.05) is 26.2 Å². The lowest BCUT2D eigenvalue weighted by molar-refractivity contribution is -0.141. The van der Waals surface area contributed by atoms with Gasteiger partial charge in [0.15, 0.2) is 6.10 Å². The average molecular weight is 353 g/mol. The zero-order chi connectivity index (χ0) is 17.3. The lowest BCUT2D eigenvalue weighted by atomic mass is 10.2. The van der Waals surface area contributed by atoms with Gasteiger partial charge in [0.05, 0.1) is 18.5 Å². The summed E-state index contributed by atoms with van der Waals surface area (Å²) in [5, 5.41) is 0. The molecule has 2 amide bonds. The number of piperazine rings is 1. The van der Waals surface area contributed by atoms with E-state index in [0.717, 1.165) is 12.7 Å². The predicted octanol–water partition coefficient (Wildman–Crippen LogP) is -0.486. The van der Waals surface area contributed by atoms with E-state index >= 15 is 0 Å². The molecule has 1 aromatic rings. The number of amides is 2. The maximum atomic E-state index is 12.7. The van der Waals surface area contributed by atoms with Gasteiger partial charge in [-0.05, 0) is 12.1 Å². The van der Waals surface area contributed by atoms with Gasteiger partial charge in [0.25, 0.3) is 5.91 Å². The molecule has 24 heavy (non-hydrogen) atoms. The van der Waals surface area contributed by atoms with Gasteiger partial charge in [0.1, 0.15) is 5.75 Å². The summed E-state index contributed by atoms with van der Waals surface area (Å²) in [6, 6.07) is 6.76. The summed E-state index contributed by atoms with van der Waals surface area (Å²) in [7, 11) is -3.52. The lowest BCUT2D eigenvalue weighted by Gasteiger charge is -2.38. The van der Waals surface area contributed by atoms with Crippen LogP contribution < -0.4 is 9.04 Å². The Hall–Kier alpha value is -2.29. The number of benzene rings is 1. The highest BCUT2D eigenvalue weighted by Crippen LogP contribution is 2.34. The number of rotatable bonds is 3. The molecule has 2 aliphatic heterocycles. The van der Waals surface area contributed by atoms with Crippen molar-refractivity contribution >= 4 is 28.0 Å². The van der Waals surface area contributed by atoms with Crippen molar-refractivity contribution in [3.63, 3.8) is 0 Å². The standard InChI is InChI=1S/C15H19N3O5S/c1-24(21,22)18-10-14(23-13-5-3-2-4-12(13)18)15(20)17-8-6-16(11-19)7-9-17/h2-5,11,14H,6-10H2,1H3/t14-/m0/s1. The second kappa shape index (κ2) is 6.31. The minimum absolute atomic E-state index is 0.0530. The molecule has 130 valence electrons. The summed E-state index contributed by atoms with van der Waals surface area (Å²) < 4.78 is 31.1. The molecule has 0 aliphatic carbocycles. The summed E-state index contributed by atoms with van der Waals surface area (Å²) >= 11 is 0. The van der Waals surface area contributed by atoms with Gasteiger partial charge in [-0.25, -0.2) is 8.42 Å². The number of hydrogen-bond acceptors (Lipinski definition) is 5. The second-order valence-electron chi connectivity index (χ2n) is 5.83. The molecule has 2 aliphatic rings.